The minimum Gasteiger partial charge on any atom is -0.395 e. The molecule has 0 aromatic heterocycles. The lowest BCUT2D eigenvalue weighted by atomic mass is 10.1. The van der Waals surface area contributed by atoms with Crippen molar-refractivity contribution in [2.45, 2.75) is 44.6 Å². The predicted octanol–water partition coefficient (Wildman–Crippen LogP) is 1.63. The maximum atomic E-state index is 9.17. The van der Waals surface area contributed by atoms with E-state index >= 15 is 0 Å². The van der Waals surface area contributed by atoms with Crippen molar-refractivity contribution in [2.24, 2.45) is 5.92 Å². The number of aliphatic hydroxyl groups excluding tert-OH is 1. The summed E-state index contributed by atoms with van der Waals surface area (Å²) in [5.74, 6) is 0.937. The average molecular weight is 183 g/mol. The van der Waals surface area contributed by atoms with Crippen LogP contribution in [0.1, 0.15) is 38.5 Å². The molecule has 0 aromatic carbocycles. The maximum Gasteiger partial charge on any atom is 0.0586 e. The largest absolute Gasteiger partial charge is 0.395 e. The Morgan fingerprint density at radius 3 is 2.54 bits per heavy atom. The summed E-state index contributed by atoms with van der Waals surface area (Å²) in [4.78, 5) is 2.51. The van der Waals surface area contributed by atoms with Crippen molar-refractivity contribution in [3.8, 4) is 0 Å². The summed E-state index contributed by atoms with van der Waals surface area (Å²) in [7, 11) is 0. The molecule has 1 N–H and O–H groups in total. The van der Waals surface area contributed by atoms with Gasteiger partial charge >= 0.3 is 0 Å². The van der Waals surface area contributed by atoms with Crippen LogP contribution in [0.5, 0.6) is 0 Å². The normalized spacial score (nSPS) is 31.6. The Bertz CT molecular complexity index is 154. The van der Waals surface area contributed by atoms with Gasteiger partial charge in [-0.3, -0.25) is 4.90 Å². The van der Waals surface area contributed by atoms with Crippen LogP contribution < -0.4 is 0 Å². The standard InChI is InChI=1S/C11H21NO/c13-9-11-6-3-7-12(11)8-10-4-1-2-5-10/h10-11,13H,1-9H2/t11-/m1/s1. The first kappa shape index (κ1) is 9.47. The molecular formula is C11H21NO. The van der Waals surface area contributed by atoms with E-state index in [0.717, 1.165) is 5.92 Å². The zero-order valence-corrected chi connectivity index (χ0v) is 8.41. The number of hydrogen-bond donors (Lipinski definition) is 1. The third-order valence-corrected chi connectivity index (χ3v) is 3.68. The van der Waals surface area contributed by atoms with Gasteiger partial charge in [0, 0.05) is 12.6 Å². The van der Waals surface area contributed by atoms with E-state index in [1.54, 1.807) is 0 Å². The highest BCUT2D eigenvalue weighted by atomic mass is 16.3. The number of nitrogens with zero attached hydrogens (tertiary/aromatic N) is 1. The zero-order chi connectivity index (χ0) is 9.10. The molecule has 0 radical (unpaired) electrons. The van der Waals surface area contributed by atoms with Gasteiger partial charge in [-0.15, -0.1) is 0 Å². The fraction of sp³-hybridized carbons (Fsp3) is 1.00. The monoisotopic (exact) mass is 183 g/mol. The predicted molar refractivity (Wildman–Crippen MR) is 53.6 cm³/mol. The molecule has 2 nitrogen and oxygen atoms in total. The van der Waals surface area contributed by atoms with E-state index in [1.165, 1.54) is 51.6 Å². The molecule has 1 saturated heterocycles. The summed E-state index contributed by atoms with van der Waals surface area (Å²) in [5.41, 5.74) is 0. The molecule has 76 valence electrons. The Kier molecular flexibility index (Phi) is 3.23. The molecule has 0 spiro atoms. The molecule has 0 amide bonds. The lowest BCUT2D eigenvalue weighted by molar-refractivity contribution is 0.142. The topological polar surface area (TPSA) is 23.5 Å². The summed E-state index contributed by atoms with van der Waals surface area (Å²) in [5, 5.41) is 9.17. The molecule has 1 heterocycles. The second-order valence-corrected chi connectivity index (χ2v) is 4.62. The summed E-state index contributed by atoms with van der Waals surface area (Å²) >= 11 is 0. The van der Waals surface area contributed by atoms with E-state index in [1.807, 2.05) is 0 Å². The van der Waals surface area contributed by atoms with Gasteiger partial charge in [0.15, 0.2) is 0 Å². The van der Waals surface area contributed by atoms with Crippen LogP contribution in [0.25, 0.3) is 0 Å². The van der Waals surface area contributed by atoms with Crippen molar-refractivity contribution in [2.75, 3.05) is 19.7 Å². The zero-order valence-electron chi connectivity index (χ0n) is 8.41. The number of rotatable bonds is 3. The molecule has 2 aliphatic rings. The lowest BCUT2D eigenvalue weighted by Crippen LogP contribution is -2.35. The van der Waals surface area contributed by atoms with Gasteiger partial charge in [-0.25, -0.2) is 0 Å². The Morgan fingerprint density at radius 1 is 1.08 bits per heavy atom. The molecule has 2 fully saturated rings. The van der Waals surface area contributed by atoms with Crippen LogP contribution >= 0.6 is 0 Å². The van der Waals surface area contributed by atoms with Crippen LogP contribution in [0, 0.1) is 5.92 Å². The van der Waals surface area contributed by atoms with Crippen LogP contribution in [0.4, 0.5) is 0 Å². The Morgan fingerprint density at radius 2 is 1.85 bits per heavy atom. The van der Waals surface area contributed by atoms with Gasteiger partial charge in [-0.1, -0.05) is 12.8 Å². The first-order valence-electron chi connectivity index (χ1n) is 5.75. The van der Waals surface area contributed by atoms with Crippen molar-refractivity contribution in [3.63, 3.8) is 0 Å². The van der Waals surface area contributed by atoms with Gasteiger partial charge in [0.2, 0.25) is 0 Å². The van der Waals surface area contributed by atoms with Crippen LogP contribution in [0.3, 0.4) is 0 Å². The lowest BCUT2D eigenvalue weighted by Gasteiger charge is -2.25. The SMILES string of the molecule is OC[C@H]1CCCN1CC1CCCC1. The Hall–Kier alpha value is -0.0800. The molecule has 1 aliphatic heterocycles. The van der Waals surface area contributed by atoms with Gasteiger partial charge in [0.05, 0.1) is 6.61 Å². The minimum absolute atomic E-state index is 0.368. The van der Waals surface area contributed by atoms with Gasteiger partial charge in [-0.05, 0) is 38.1 Å². The quantitative estimate of drug-likeness (QED) is 0.719. The summed E-state index contributed by atoms with van der Waals surface area (Å²) < 4.78 is 0. The third kappa shape index (κ3) is 2.23. The number of likely N-dealkylation sites (tertiary alicyclic amines) is 1. The first-order chi connectivity index (χ1) is 6.40. The van der Waals surface area contributed by atoms with E-state index in [0.29, 0.717) is 12.6 Å². The highest BCUT2D eigenvalue weighted by Gasteiger charge is 2.27. The van der Waals surface area contributed by atoms with Crippen LogP contribution in [-0.4, -0.2) is 35.7 Å². The van der Waals surface area contributed by atoms with Crippen molar-refractivity contribution in [1.82, 2.24) is 4.90 Å². The van der Waals surface area contributed by atoms with Gasteiger partial charge in [0.1, 0.15) is 0 Å². The molecule has 1 atom stereocenters. The second-order valence-electron chi connectivity index (χ2n) is 4.62. The smallest absolute Gasteiger partial charge is 0.0586 e. The highest BCUT2D eigenvalue weighted by Crippen LogP contribution is 2.28. The molecular weight excluding hydrogens is 162 g/mol. The highest BCUT2D eigenvalue weighted by molar-refractivity contribution is 4.81. The van der Waals surface area contributed by atoms with Crippen molar-refractivity contribution in [3.05, 3.63) is 0 Å². The van der Waals surface area contributed by atoms with Crippen LogP contribution in [0.15, 0.2) is 0 Å². The Balaban J connectivity index is 1.79. The van der Waals surface area contributed by atoms with E-state index in [-0.39, 0.29) is 0 Å². The fourth-order valence-corrected chi connectivity index (χ4v) is 2.87. The minimum atomic E-state index is 0.368. The van der Waals surface area contributed by atoms with Crippen molar-refractivity contribution >= 4 is 0 Å². The summed E-state index contributed by atoms with van der Waals surface area (Å²) in [6, 6.07) is 0.487. The molecule has 13 heavy (non-hydrogen) atoms. The molecule has 0 aromatic rings. The number of aliphatic hydroxyl groups is 1. The molecule has 0 unspecified atom stereocenters. The van der Waals surface area contributed by atoms with E-state index in [9.17, 15) is 0 Å². The third-order valence-electron chi connectivity index (χ3n) is 3.68. The second kappa shape index (κ2) is 4.43. The molecule has 0 bridgehead atoms. The summed E-state index contributed by atoms with van der Waals surface area (Å²) in [6.07, 6.45) is 8.22. The molecule has 1 aliphatic carbocycles. The van der Waals surface area contributed by atoms with Crippen molar-refractivity contribution in [1.29, 1.82) is 0 Å². The molecule has 2 rings (SSSR count). The molecule has 2 heteroatoms. The van der Waals surface area contributed by atoms with E-state index in [4.69, 9.17) is 5.11 Å². The molecule has 1 saturated carbocycles. The van der Waals surface area contributed by atoms with Gasteiger partial charge in [-0.2, -0.15) is 0 Å². The van der Waals surface area contributed by atoms with Gasteiger partial charge < -0.3 is 5.11 Å². The maximum absolute atomic E-state index is 9.17. The first-order valence-corrected chi connectivity index (χ1v) is 5.75. The van der Waals surface area contributed by atoms with E-state index in [2.05, 4.69) is 4.90 Å². The fourth-order valence-electron chi connectivity index (χ4n) is 2.87. The number of hydrogen-bond acceptors (Lipinski definition) is 2. The van der Waals surface area contributed by atoms with Crippen LogP contribution in [-0.2, 0) is 0 Å². The average Bonchev–Trinajstić information content (AvgIpc) is 2.76. The van der Waals surface area contributed by atoms with Crippen molar-refractivity contribution < 1.29 is 5.11 Å². The summed E-state index contributed by atoms with van der Waals surface area (Å²) in [6.45, 7) is 2.85. The Labute approximate surface area is 80.9 Å². The van der Waals surface area contributed by atoms with Gasteiger partial charge in [0.25, 0.3) is 0 Å². The van der Waals surface area contributed by atoms with E-state index < -0.39 is 0 Å². The van der Waals surface area contributed by atoms with Crippen LogP contribution in [0.2, 0.25) is 0 Å².